The van der Waals surface area contributed by atoms with E-state index in [0.29, 0.717) is 27.9 Å². The van der Waals surface area contributed by atoms with Crippen LogP contribution in [0.1, 0.15) is 16.8 Å². The summed E-state index contributed by atoms with van der Waals surface area (Å²) in [4.78, 5) is 8.56. The van der Waals surface area contributed by atoms with Gasteiger partial charge in [0.05, 0.1) is 22.2 Å². The van der Waals surface area contributed by atoms with Crippen molar-refractivity contribution in [3.05, 3.63) is 82.1 Å². The molecule has 2 heterocycles. The Morgan fingerprint density at radius 1 is 1.13 bits per heavy atom. The second kappa shape index (κ2) is 9.13. The number of nitrogens with zero attached hydrogens (tertiary/aromatic N) is 3. The largest absolute Gasteiger partial charge is 0.331 e. The number of thiazole rings is 2. The van der Waals surface area contributed by atoms with E-state index < -0.39 is 16.8 Å². The molecule has 2 N–H and O–H groups in total. The maximum absolute atomic E-state index is 14.5. The van der Waals surface area contributed by atoms with Gasteiger partial charge in [0, 0.05) is 29.1 Å². The first-order valence-corrected chi connectivity index (χ1v) is 11.6. The van der Waals surface area contributed by atoms with E-state index in [-0.39, 0.29) is 4.90 Å². The van der Waals surface area contributed by atoms with Gasteiger partial charge in [-0.3, -0.25) is 4.72 Å². The van der Waals surface area contributed by atoms with E-state index in [9.17, 15) is 8.60 Å². The van der Waals surface area contributed by atoms with Crippen LogP contribution in [0.4, 0.5) is 20.3 Å². The first-order valence-electron chi connectivity index (χ1n) is 8.68. The average Bonchev–Trinajstić information content (AvgIpc) is 3.41. The van der Waals surface area contributed by atoms with E-state index in [0.717, 1.165) is 11.3 Å². The number of halogens is 1. The lowest BCUT2D eigenvalue weighted by Gasteiger charge is -2.07. The number of rotatable bonds is 7. The molecule has 0 spiro atoms. The molecule has 30 heavy (non-hydrogen) atoms. The summed E-state index contributed by atoms with van der Waals surface area (Å²) in [7, 11) is -1.74. The highest BCUT2D eigenvalue weighted by atomic mass is 32.2. The van der Waals surface area contributed by atoms with Crippen LogP contribution >= 0.6 is 22.7 Å². The molecule has 0 saturated heterocycles. The summed E-state index contributed by atoms with van der Waals surface area (Å²) >= 11 is 2.70. The van der Waals surface area contributed by atoms with Gasteiger partial charge in [0.15, 0.2) is 21.2 Å². The predicted octanol–water partition coefficient (Wildman–Crippen LogP) is 5.08. The van der Waals surface area contributed by atoms with Crippen LogP contribution in [0.5, 0.6) is 0 Å². The van der Waals surface area contributed by atoms with Gasteiger partial charge in [0.2, 0.25) is 0 Å². The van der Waals surface area contributed by atoms with Crippen LogP contribution in [0, 0.1) is 17.1 Å². The predicted molar refractivity (Wildman–Crippen MR) is 118 cm³/mol. The van der Waals surface area contributed by atoms with Gasteiger partial charge in [0.1, 0.15) is 5.82 Å². The van der Waals surface area contributed by atoms with Gasteiger partial charge in [-0.15, -0.1) is 22.7 Å². The van der Waals surface area contributed by atoms with Crippen molar-refractivity contribution in [2.75, 3.05) is 10.0 Å². The van der Waals surface area contributed by atoms with Gasteiger partial charge in [-0.25, -0.2) is 18.6 Å². The lowest BCUT2D eigenvalue weighted by atomic mass is 10.1. The average molecular weight is 456 g/mol. The molecule has 0 amide bonds. The van der Waals surface area contributed by atoms with Crippen molar-refractivity contribution in [2.24, 2.45) is 0 Å². The zero-order chi connectivity index (χ0) is 20.9. The minimum Gasteiger partial charge on any atom is -0.331 e. The first kappa shape index (κ1) is 20.2. The molecular formula is C20H14FN5OS3. The van der Waals surface area contributed by atoms with Crippen molar-refractivity contribution in [1.29, 1.82) is 5.26 Å². The number of nitrogens with one attached hydrogen (secondary N) is 2. The third-order valence-corrected chi connectivity index (χ3v) is 6.75. The summed E-state index contributed by atoms with van der Waals surface area (Å²) in [5, 5.41) is 16.7. The van der Waals surface area contributed by atoms with E-state index >= 15 is 0 Å². The normalized spacial score (nSPS) is 11.6. The second-order valence-electron chi connectivity index (χ2n) is 6.11. The standard InChI is InChI=1S/C20H14FN5OS3/c21-17-10-15(5-6-18(17)30(27)26-19-23-7-8-28-19)24-20-25-16(12-29-20)9-13-1-3-14(11-22)4-2-13/h1-8,10,12H,9H2,(H,23,26)(H,24,25). The monoisotopic (exact) mass is 455 g/mol. The van der Waals surface area contributed by atoms with Crippen molar-refractivity contribution >= 4 is 49.6 Å². The fraction of sp³-hybridized carbons (Fsp3) is 0.0500. The number of anilines is 3. The molecule has 0 aliphatic carbocycles. The number of nitriles is 1. The Morgan fingerprint density at radius 2 is 1.97 bits per heavy atom. The number of benzene rings is 2. The number of hydrogen-bond acceptors (Lipinski definition) is 7. The Kier molecular flexibility index (Phi) is 6.13. The van der Waals surface area contributed by atoms with Crippen LogP contribution in [0.25, 0.3) is 0 Å². The Hall–Kier alpha value is -3.13. The maximum Gasteiger partial charge on any atom is 0.194 e. The Balaban J connectivity index is 1.41. The molecule has 0 saturated carbocycles. The van der Waals surface area contributed by atoms with E-state index in [2.05, 4.69) is 26.1 Å². The zero-order valence-corrected chi connectivity index (χ0v) is 17.8. The van der Waals surface area contributed by atoms with Crippen LogP contribution in [0.2, 0.25) is 0 Å². The van der Waals surface area contributed by atoms with Crippen LogP contribution in [0.15, 0.2) is 64.3 Å². The molecule has 4 aromatic rings. The van der Waals surface area contributed by atoms with Crippen molar-refractivity contribution in [2.45, 2.75) is 11.3 Å². The number of hydrogen-bond donors (Lipinski definition) is 2. The van der Waals surface area contributed by atoms with Crippen molar-refractivity contribution in [1.82, 2.24) is 9.97 Å². The fourth-order valence-corrected chi connectivity index (χ4v) is 4.88. The summed E-state index contributed by atoms with van der Waals surface area (Å²) in [6.07, 6.45) is 2.22. The second-order valence-corrected chi connectivity index (χ2v) is 9.04. The smallest absolute Gasteiger partial charge is 0.194 e. The van der Waals surface area contributed by atoms with Crippen LogP contribution < -0.4 is 10.0 Å². The summed E-state index contributed by atoms with van der Waals surface area (Å²) in [5.41, 5.74) is 3.06. The van der Waals surface area contributed by atoms with Crippen LogP contribution in [-0.4, -0.2) is 14.2 Å². The zero-order valence-electron chi connectivity index (χ0n) is 15.3. The SMILES string of the molecule is N#Cc1ccc(Cc2csc(Nc3ccc(S(=O)Nc4nccs4)c(F)c3)n2)cc1. The van der Waals surface area contributed by atoms with Crippen LogP contribution in [0.3, 0.4) is 0 Å². The fourth-order valence-electron chi connectivity index (χ4n) is 2.61. The van der Waals surface area contributed by atoms with Crippen molar-refractivity contribution in [3.63, 3.8) is 0 Å². The molecule has 6 nitrogen and oxygen atoms in total. The van der Waals surface area contributed by atoms with E-state index in [1.165, 1.54) is 34.8 Å². The Labute approximate surface area is 182 Å². The third-order valence-electron chi connectivity index (χ3n) is 4.02. The van der Waals surface area contributed by atoms with Gasteiger partial charge < -0.3 is 5.32 Å². The summed E-state index contributed by atoms with van der Waals surface area (Å²) in [6, 6.07) is 13.9. The quantitative estimate of drug-likeness (QED) is 0.406. The molecule has 1 atom stereocenters. The van der Waals surface area contributed by atoms with Gasteiger partial charge in [-0.2, -0.15) is 5.26 Å². The van der Waals surface area contributed by atoms with Crippen LogP contribution in [-0.2, 0) is 17.4 Å². The van der Waals surface area contributed by atoms with E-state index in [1.807, 2.05) is 17.5 Å². The topological polar surface area (TPSA) is 90.7 Å². The Bertz CT molecular complexity index is 1220. The van der Waals surface area contributed by atoms with Crippen molar-refractivity contribution < 1.29 is 8.60 Å². The molecule has 0 radical (unpaired) electrons. The van der Waals surface area contributed by atoms with Crippen molar-refractivity contribution in [3.8, 4) is 6.07 Å². The molecular weight excluding hydrogens is 441 g/mol. The van der Waals surface area contributed by atoms with E-state index in [1.54, 1.807) is 29.8 Å². The molecule has 0 aliphatic rings. The van der Waals surface area contributed by atoms with Gasteiger partial charge in [0.25, 0.3) is 0 Å². The lowest BCUT2D eigenvalue weighted by molar-refractivity contribution is 0.596. The molecule has 0 fully saturated rings. The summed E-state index contributed by atoms with van der Waals surface area (Å²) < 4.78 is 29.4. The maximum atomic E-state index is 14.5. The summed E-state index contributed by atoms with van der Waals surface area (Å²) in [5.74, 6) is -0.586. The van der Waals surface area contributed by atoms with E-state index in [4.69, 9.17) is 5.26 Å². The Morgan fingerprint density at radius 3 is 2.67 bits per heavy atom. The molecule has 10 heteroatoms. The van der Waals surface area contributed by atoms with Gasteiger partial charge in [-0.05, 0) is 35.9 Å². The molecule has 0 aliphatic heterocycles. The lowest BCUT2D eigenvalue weighted by Crippen LogP contribution is -2.06. The van der Waals surface area contributed by atoms with Gasteiger partial charge in [-0.1, -0.05) is 12.1 Å². The molecule has 1 unspecified atom stereocenters. The molecule has 2 aromatic heterocycles. The first-order chi connectivity index (χ1) is 14.6. The minimum absolute atomic E-state index is 0.0522. The van der Waals surface area contributed by atoms with Gasteiger partial charge >= 0.3 is 0 Å². The molecule has 150 valence electrons. The number of aromatic nitrogens is 2. The summed E-state index contributed by atoms with van der Waals surface area (Å²) in [6.45, 7) is 0. The minimum atomic E-state index is -1.74. The molecule has 2 aromatic carbocycles. The highest BCUT2D eigenvalue weighted by molar-refractivity contribution is 7.86. The molecule has 4 rings (SSSR count). The highest BCUT2D eigenvalue weighted by Gasteiger charge is 2.13. The molecule has 0 bridgehead atoms. The third kappa shape index (κ3) is 4.88. The highest BCUT2D eigenvalue weighted by Crippen LogP contribution is 2.25.